The van der Waals surface area contributed by atoms with Crippen molar-refractivity contribution in [2.24, 2.45) is 5.92 Å². The summed E-state index contributed by atoms with van der Waals surface area (Å²) in [4.78, 5) is 12.7. The molecule has 3 aromatic rings. The summed E-state index contributed by atoms with van der Waals surface area (Å²) in [5.74, 6) is -0.671. The molecular formula is C18H18N2O3. The topological polar surface area (TPSA) is 88.5 Å². The standard InChI is InChI=1S/C18H18N2O3/c1-11(9-12-5-6-16(21)17(22)10-12)18(23)20-8-7-13-14(19)3-2-4-15(13)20/h2-8,10-11,21-22H,9,19H2,1H3. The molecule has 0 saturated carbocycles. The van der Waals surface area contributed by atoms with Crippen LogP contribution in [0.15, 0.2) is 48.7 Å². The Hall–Kier alpha value is -2.95. The third-order valence-electron chi connectivity index (χ3n) is 4.01. The number of nitrogens with two attached hydrogens (primary N) is 1. The van der Waals surface area contributed by atoms with Gasteiger partial charge in [0.05, 0.1) is 5.52 Å². The molecule has 1 aromatic heterocycles. The molecule has 23 heavy (non-hydrogen) atoms. The van der Waals surface area contributed by atoms with Crippen LogP contribution in [0.3, 0.4) is 0 Å². The van der Waals surface area contributed by atoms with Gasteiger partial charge >= 0.3 is 0 Å². The summed E-state index contributed by atoms with van der Waals surface area (Å²) in [6.07, 6.45) is 2.20. The summed E-state index contributed by atoms with van der Waals surface area (Å²) in [6.45, 7) is 1.84. The number of carbonyl (C=O) groups excluding carboxylic acids is 1. The van der Waals surface area contributed by atoms with Crippen molar-refractivity contribution in [1.29, 1.82) is 0 Å². The first kappa shape index (κ1) is 15.0. The second kappa shape index (κ2) is 5.68. The van der Waals surface area contributed by atoms with E-state index in [1.165, 1.54) is 12.1 Å². The highest BCUT2D eigenvalue weighted by molar-refractivity contribution is 5.98. The van der Waals surface area contributed by atoms with Crippen LogP contribution in [-0.2, 0) is 6.42 Å². The number of hydrogen-bond donors (Lipinski definition) is 3. The van der Waals surface area contributed by atoms with Crippen LogP contribution in [0.4, 0.5) is 5.69 Å². The van der Waals surface area contributed by atoms with Crippen LogP contribution in [0, 0.1) is 5.92 Å². The lowest BCUT2D eigenvalue weighted by Crippen LogP contribution is -2.20. The van der Waals surface area contributed by atoms with Gasteiger partial charge in [-0.2, -0.15) is 0 Å². The summed E-state index contributed by atoms with van der Waals surface area (Å²) < 4.78 is 1.61. The van der Waals surface area contributed by atoms with Gasteiger partial charge in [-0.05, 0) is 42.3 Å². The number of nitrogens with zero attached hydrogens (tertiary/aromatic N) is 1. The Balaban J connectivity index is 1.86. The highest BCUT2D eigenvalue weighted by atomic mass is 16.3. The van der Waals surface area contributed by atoms with Gasteiger partial charge in [-0.1, -0.05) is 19.1 Å². The third kappa shape index (κ3) is 2.73. The normalized spacial score (nSPS) is 12.4. The van der Waals surface area contributed by atoms with E-state index in [9.17, 15) is 15.0 Å². The maximum Gasteiger partial charge on any atom is 0.234 e. The molecule has 5 nitrogen and oxygen atoms in total. The lowest BCUT2D eigenvalue weighted by molar-refractivity contribution is 0.0850. The predicted molar refractivity (Wildman–Crippen MR) is 89.6 cm³/mol. The first-order chi connectivity index (χ1) is 11.0. The van der Waals surface area contributed by atoms with Crippen molar-refractivity contribution in [2.75, 3.05) is 5.73 Å². The molecule has 118 valence electrons. The maximum atomic E-state index is 12.7. The molecule has 0 fully saturated rings. The van der Waals surface area contributed by atoms with Crippen molar-refractivity contribution in [2.45, 2.75) is 13.3 Å². The minimum absolute atomic E-state index is 0.0434. The van der Waals surface area contributed by atoms with Crippen LogP contribution in [0.1, 0.15) is 17.3 Å². The zero-order valence-corrected chi connectivity index (χ0v) is 12.7. The first-order valence-corrected chi connectivity index (χ1v) is 7.38. The molecule has 1 heterocycles. The number of fused-ring (bicyclic) bond motifs is 1. The molecule has 0 aliphatic heterocycles. The molecule has 4 N–H and O–H groups in total. The Labute approximate surface area is 133 Å². The van der Waals surface area contributed by atoms with Crippen molar-refractivity contribution in [3.8, 4) is 11.5 Å². The summed E-state index contributed by atoms with van der Waals surface area (Å²) in [5, 5.41) is 19.8. The van der Waals surface area contributed by atoms with E-state index >= 15 is 0 Å². The average molecular weight is 310 g/mol. The fourth-order valence-corrected chi connectivity index (χ4v) is 2.76. The number of hydrogen-bond acceptors (Lipinski definition) is 4. The second-order valence-corrected chi connectivity index (χ2v) is 5.73. The monoisotopic (exact) mass is 310 g/mol. The van der Waals surface area contributed by atoms with Gasteiger partial charge in [0.25, 0.3) is 0 Å². The zero-order chi connectivity index (χ0) is 16.6. The van der Waals surface area contributed by atoms with Gasteiger partial charge in [0.15, 0.2) is 11.5 Å². The van der Waals surface area contributed by atoms with E-state index in [1.54, 1.807) is 22.9 Å². The molecule has 0 aliphatic carbocycles. The van der Waals surface area contributed by atoms with Crippen LogP contribution >= 0.6 is 0 Å². The van der Waals surface area contributed by atoms with E-state index in [-0.39, 0.29) is 23.3 Å². The molecule has 1 unspecified atom stereocenters. The van der Waals surface area contributed by atoms with Crippen LogP contribution in [0.25, 0.3) is 10.9 Å². The maximum absolute atomic E-state index is 12.7. The number of aromatic nitrogens is 1. The van der Waals surface area contributed by atoms with E-state index in [2.05, 4.69) is 0 Å². The average Bonchev–Trinajstić information content (AvgIpc) is 2.95. The third-order valence-corrected chi connectivity index (χ3v) is 4.01. The minimum Gasteiger partial charge on any atom is -0.504 e. The first-order valence-electron chi connectivity index (χ1n) is 7.38. The number of phenols is 2. The lowest BCUT2D eigenvalue weighted by atomic mass is 10.00. The molecule has 0 amide bonds. The molecule has 3 rings (SSSR count). The molecule has 1 atom stereocenters. The largest absolute Gasteiger partial charge is 0.504 e. The van der Waals surface area contributed by atoms with Crippen molar-refractivity contribution >= 4 is 22.5 Å². The summed E-state index contributed by atoms with van der Waals surface area (Å²) >= 11 is 0. The van der Waals surface area contributed by atoms with Gasteiger partial charge in [0.2, 0.25) is 5.91 Å². The van der Waals surface area contributed by atoms with Gasteiger partial charge in [0, 0.05) is 23.2 Å². The van der Waals surface area contributed by atoms with Crippen molar-refractivity contribution in [3.63, 3.8) is 0 Å². The molecular weight excluding hydrogens is 292 g/mol. The molecule has 0 radical (unpaired) electrons. The van der Waals surface area contributed by atoms with Crippen LogP contribution < -0.4 is 5.73 Å². The van der Waals surface area contributed by atoms with E-state index < -0.39 is 0 Å². The number of nitrogen functional groups attached to an aromatic ring is 1. The summed E-state index contributed by atoms with van der Waals surface area (Å²) in [7, 11) is 0. The molecule has 0 saturated heterocycles. The fourth-order valence-electron chi connectivity index (χ4n) is 2.76. The number of carbonyl (C=O) groups is 1. The van der Waals surface area contributed by atoms with Crippen molar-refractivity contribution in [3.05, 3.63) is 54.2 Å². The lowest BCUT2D eigenvalue weighted by Gasteiger charge is -2.13. The highest BCUT2D eigenvalue weighted by Crippen LogP contribution is 2.27. The predicted octanol–water partition coefficient (Wildman–Crippen LogP) is 3.15. The molecule has 0 spiro atoms. The van der Waals surface area contributed by atoms with E-state index in [0.717, 1.165) is 16.5 Å². The van der Waals surface area contributed by atoms with Gasteiger partial charge in [-0.15, -0.1) is 0 Å². The Morgan fingerprint density at radius 1 is 1.17 bits per heavy atom. The number of rotatable bonds is 3. The Kier molecular flexibility index (Phi) is 3.70. The molecule has 0 bridgehead atoms. The zero-order valence-electron chi connectivity index (χ0n) is 12.7. The smallest absolute Gasteiger partial charge is 0.234 e. The molecule has 5 heteroatoms. The van der Waals surface area contributed by atoms with Gasteiger partial charge in [-0.3, -0.25) is 9.36 Å². The van der Waals surface area contributed by atoms with Gasteiger partial charge in [0.1, 0.15) is 0 Å². The highest BCUT2D eigenvalue weighted by Gasteiger charge is 2.18. The van der Waals surface area contributed by atoms with Gasteiger partial charge in [-0.25, -0.2) is 0 Å². The summed E-state index contributed by atoms with van der Waals surface area (Å²) in [6, 6.07) is 11.9. The van der Waals surface area contributed by atoms with E-state index in [4.69, 9.17) is 5.73 Å². The Bertz CT molecular complexity index is 883. The Morgan fingerprint density at radius 3 is 2.70 bits per heavy atom. The molecule has 2 aromatic carbocycles. The second-order valence-electron chi connectivity index (χ2n) is 5.73. The van der Waals surface area contributed by atoms with E-state index in [1.807, 2.05) is 25.1 Å². The molecule has 0 aliphatic rings. The van der Waals surface area contributed by atoms with Crippen LogP contribution in [0.2, 0.25) is 0 Å². The Morgan fingerprint density at radius 2 is 1.96 bits per heavy atom. The number of anilines is 1. The summed E-state index contributed by atoms with van der Waals surface area (Å²) in [5.41, 5.74) is 8.14. The van der Waals surface area contributed by atoms with Crippen molar-refractivity contribution < 1.29 is 15.0 Å². The van der Waals surface area contributed by atoms with Crippen LogP contribution in [0.5, 0.6) is 11.5 Å². The minimum atomic E-state index is -0.282. The number of phenolic OH excluding ortho intramolecular Hbond substituents is 2. The van der Waals surface area contributed by atoms with Crippen molar-refractivity contribution in [1.82, 2.24) is 4.57 Å². The quantitative estimate of drug-likeness (QED) is 0.512. The number of benzene rings is 2. The van der Waals surface area contributed by atoms with Gasteiger partial charge < -0.3 is 15.9 Å². The van der Waals surface area contributed by atoms with Crippen LogP contribution in [-0.4, -0.2) is 20.7 Å². The fraction of sp³-hybridized carbons (Fsp3) is 0.167. The van der Waals surface area contributed by atoms with E-state index in [0.29, 0.717) is 12.1 Å². The number of aromatic hydroxyl groups is 2. The SMILES string of the molecule is CC(Cc1ccc(O)c(O)c1)C(=O)n1ccc2c(N)cccc21.